The third-order valence-electron chi connectivity index (χ3n) is 7.59. The van der Waals surface area contributed by atoms with Crippen molar-refractivity contribution in [1.29, 1.82) is 0 Å². The number of fused-ring (bicyclic) bond motifs is 1. The molecule has 2 saturated carbocycles. The maximum atomic E-state index is 12.0. The minimum absolute atomic E-state index is 0. The first-order valence-corrected chi connectivity index (χ1v) is 11.2. The van der Waals surface area contributed by atoms with Gasteiger partial charge in [0.2, 0.25) is 0 Å². The summed E-state index contributed by atoms with van der Waals surface area (Å²) in [6, 6.07) is 0. The fourth-order valence-electron chi connectivity index (χ4n) is 5.89. The van der Waals surface area contributed by atoms with E-state index in [1.54, 1.807) is 0 Å². The van der Waals surface area contributed by atoms with Crippen molar-refractivity contribution < 1.29 is 62.3 Å². The second-order valence-corrected chi connectivity index (χ2v) is 10.6. The maximum absolute atomic E-state index is 12.0. The number of aliphatic hydroxyl groups is 2. The second kappa shape index (κ2) is 8.73. The molecule has 3 rings (SSSR count). The SMILES string of the molecule is C=C1CCC2C(C)(CO)C(O)CCC2(C)C1CC(C1=CCOC1=O)S(=O)(=O)[O-].[Na+]. The minimum atomic E-state index is -4.77. The van der Waals surface area contributed by atoms with Gasteiger partial charge in [-0.1, -0.05) is 26.0 Å². The number of ether oxygens (including phenoxy) is 1. The summed E-state index contributed by atoms with van der Waals surface area (Å²) >= 11 is 0. The van der Waals surface area contributed by atoms with Gasteiger partial charge < -0.3 is 19.5 Å². The molecule has 0 spiro atoms. The van der Waals surface area contributed by atoms with Crippen molar-refractivity contribution in [2.24, 2.45) is 22.7 Å². The number of hydrogen-bond acceptors (Lipinski definition) is 7. The van der Waals surface area contributed by atoms with Crippen molar-refractivity contribution in [3.63, 3.8) is 0 Å². The Bertz CT molecular complexity index is 808. The van der Waals surface area contributed by atoms with E-state index in [0.717, 1.165) is 12.0 Å². The first-order chi connectivity index (χ1) is 12.9. The molecular formula is C20H29NaO7S. The molecule has 0 aromatic heterocycles. The van der Waals surface area contributed by atoms with Gasteiger partial charge in [-0.25, -0.2) is 13.2 Å². The van der Waals surface area contributed by atoms with E-state index in [9.17, 15) is 28.0 Å². The summed E-state index contributed by atoms with van der Waals surface area (Å²) < 4.78 is 40.9. The zero-order valence-electron chi connectivity index (χ0n) is 17.4. The molecule has 2 N–H and O–H groups in total. The van der Waals surface area contributed by atoms with E-state index in [1.165, 1.54) is 6.08 Å². The number of hydrogen-bond donors (Lipinski definition) is 2. The van der Waals surface area contributed by atoms with E-state index >= 15 is 0 Å². The number of cyclic esters (lactones) is 1. The predicted octanol–water partition coefficient (Wildman–Crippen LogP) is -1.48. The number of rotatable bonds is 5. The van der Waals surface area contributed by atoms with Crippen LogP contribution in [0.25, 0.3) is 0 Å². The number of allylic oxidation sites excluding steroid dienone is 1. The summed E-state index contributed by atoms with van der Waals surface area (Å²) in [5.41, 5.74) is -0.369. The number of aliphatic hydroxyl groups excluding tert-OH is 2. The molecule has 0 aromatic carbocycles. The topological polar surface area (TPSA) is 124 Å². The van der Waals surface area contributed by atoms with Crippen molar-refractivity contribution in [3.8, 4) is 0 Å². The van der Waals surface area contributed by atoms with Gasteiger partial charge in [0.25, 0.3) is 0 Å². The molecule has 158 valence electrons. The van der Waals surface area contributed by atoms with Gasteiger partial charge in [-0.2, -0.15) is 0 Å². The Morgan fingerprint density at radius 3 is 2.55 bits per heavy atom. The summed E-state index contributed by atoms with van der Waals surface area (Å²) in [7, 11) is -4.77. The summed E-state index contributed by atoms with van der Waals surface area (Å²) in [5.74, 6) is -1.12. The molecule has 2 fully saturated rings. The molecular weight excluding hydrogens is 407 g/mol. The molecule has 0 aromatic rings. The largest absolute Gasteiger partial charge is 1.00 e. The van der Waals surface area contributed by atoms with E-state index in [4.69, 9.17) is 4.74 Å². The van der Waals surface area contributed by atoms with E-state index < -0.39 is 38.3 Å². The van der Waals surface area contributed by atoms with Crippen LogP contribution in [-0.4, -0.2) is 53.7 Å². The molecule has 1 aliphatic heterocycles. The van der Waals surface area contributed by atoms with Gasteiger partial charge in [-0.05, 0) is 55.4 Å². The Morgan fingerprint density at radius 2 is 2.03 bits per heavy atom. The van der Waals surface area contributed by atoms with Crippen molar-refractivity contribution in [2.45, 2.75) is 57.3 Å². The summed E-state index contributed by atoms with van der Waals surface area (Å²) in [6.45, 7) is 7.84. The minimum Gasteiger partial charge on any atom is -0.747 e. The van der Waals surface area contributed by atoms with Gasteiger partial charge in [0, 0.05) is 5.41 Å². The molecule has 9 heteroatoms. The molecule has 0 bridgehead atoms. The van der Waals surface area contributed by atoms with Gasteiger partial charge in [0.05, 0.1) is 23.5 Å². The zero-order chi connectivity index (χ0) is 20.9. The predicted molar refractivity (Wildman–Crippen MR) is 101 cm³/mol. The van der Waals surface area contributed by atoms with Crippen molar-refractivity contribution in [3.05, 3.63) is 23.8 Å². The fourth-order valence-corrected chi connectivity index (χ4v) is 6.82. The zero-order valence-corrected chi connectivity index (χ0v) is 20.2. The van der Waals surface area contributed by atoms with Gasteiger partial charge in [-0.15, -0.1) is 0 Å². The van der Waals surface area contributed by atoms with E-state index in [0.29, 0.717) is 19.3 Å². The molecule has 6 atom stereocenters. The Labute approximate surface area is 194 Å². The molecule has 0 radical (unpaired) electrons. The van der Waals surface area contributed by atoms with Crippen LogP contribution in [0.1, 0.15) is 46.0 Å². The number of esters is 1. The van der Waals surface area contributed by atoms with Gasteiger partial charge in [0.1, 0.15) is 16.7 Å². The molecule has 2 aliphatic carbocycles. The molecule has 29 heavy (non-hydrogen) atoms. The van der Waals surface area contributed by atoms with Crippen molar-refractivity contribution >= 4 is 16.1 Å². The quantitative estimate of drug-likeness (QED) is 0.233. The Balaban J connectivity index is 0.00000300. The van der Waals surface area contributed by atoms with Gasteiger partial charge in [-0.3, -0.25) is 0 Å². The van der Waals surface area contributed by atoms with E-state index in [-0.39, 0.29) is 66.6 Å². The third kappa shape index (κ3) is 4.27. The monoisotopic (exact) mass is 436 g/mol. The standard InChI is InChI=1S/C20H30O7S.Na/c1-12-4-5-16-19(2,8-6-17(22)20(16,3)11-21)14(12)10-15(28(24,25)26)13-7-9-27-18(13)23;/h7,14-17,21-22H,1,4-6,8-11H2,2-3H3,(H,24,25,26);/q;+1/p-1. The summed E-state index contributed by atoms with van der Waals surface area (Å²) in [5, 5.41) is 19.1. The van der Waals surface area contributed by atoms with Gasteiger partial charge in [0.15, 0.2) is 0 Å². The van der Waals surface area contributed by atoms with Crippen LogP contribution in [0, 0.1) is 22.7 Å². The average Bonchev–Trinajstić information content (AvgIpc) is 3.02. The molecule has 6 unspecified atom stereocenters. The average molecular weight is 437 g/mol. The molecule has 3 aliphatic rings. The fraction of sp³-hybridized carbons (Fsp3) is 0.750. The van der Waals surface area contributed by atoms with E-state index in [1.807, 2.05) is 13.8 Å². The van der Waals surface area contributed by atoms with Gasteiger partial charge >= 0.3 is 35.5 Å². The summed E-state index contributed by atoms with van der Waals surface area (Å²) in [4.78, 5) is 12.0. The first kappa shape index (κ1) is 25.0. The Hall–Kier alpha value is -0.220. The van der Waals surface area contributed by atoms with Crippen LogP contribution in [0.15, 0.2) is 23.8 Å². The van der Waals surface area contributed by atoms with Crippen LogP contribution >= 0.6 is 0 Å². The van der Waals surface area contributed by atoms with Crippen LogP contribution in [-0.2, 0) is 19.6 Å². The number of carbonyl (C=O) groups is 1. The summed E-state index contributed by atoms with van der Waals surface area (Å²) in [6.07, 6.45) is 3.17. The normalized spacial score (nSPS) is 38.5. The van der Waals surface area contributed by atoms with Crippen molar-refractivity contribution in [1.82, 2.24) is 0 Å². The number of carbonyl (C=O) groups excluding carboxylic acids is 1. The first-order valence-electron chi connectivity index (χ1n) is 9.73. The van der Waals surface area contributed by atoms with Crippen LogP contribution in [0.5, 0.6) is 0 Å². The molecule has 0 saturated heterocycles. The van der Waals surface area contributed by atoms with Crippen LogP contribution < -0.4 is 29.6 Å². The van der Waals surface area contributed by atoms with Crippen LogP contribution in [0.3, 0.4) is 0 Å². The third-order valence-corrected chi connectivity index (χ3v) is 8.74. The Morgan fingerprint density at radius 1 is 1.38 bits per heavy atom. The van der Waals surface area contributed by atoms with E-state index in [2.05, 4.69) is 6.58 Å². The molecule has 0 amide bonds. The van der Waals surface area contributed by atoms with Crippen LogP contribution in [0.4, 0.5) is 0 Å². The van der Waals surface area contributed by atoms with Crippen molar-refractivity contribution in [2.75, 3.05) is 13.2 Å². The smallest absolute Gasteiger partial charge is 0.747 e. The maximum Gasteiger partial charge on any atom is 1.00 e. The van der Waals surface area contributed by atoms with Crippen LogP contribution in [0.2, 0.25) is 0 Å². The second-order valence-electron chi connectivity index (χ2n) is 9.00. The molecule has 1 heterocycles. The Kier molecular flexibility index (Phi) is 7.54. The molecule has 7 nitrogen and oxygen atoms in total.